The number of hydrogen-bond acceptors (Lipinski definition) is 3. The molecule has 0 aromatic heterocycles. The summed E-state index contributed by atoms with van der Waals surface area (Å²) in [5, 5.41) is 0. The highest BCUT2D eigenvalue weighted by molar-refractivity contribution is 7.89. The summed E-state index contributed by atoms with van der Waals surface area (Å²) in [6, 6.07) is 5.88. The number of halogens is 3. The molecule has 0 saturated heterocycles. The van der Waals surface area contributed by atoms with E-state index in [1.165, 1.54) is 25.2 Å². The summed E-state index contributed by atoms with van der Waals surface area (Å²) in [7, 11) is -1.97. The van der Waals surface area contributed by atoms with Crippen LogP contribution in [0.5, 0.6) is 0 Å². The molecule has 0 bridgehead atoms. The van der Waals surface area contributed by atoms with Gasteiger partial charge in [0.05, 0.1) is 12.2 Å². The minimum Gasteiger partial charge on any atom is -0.341 e. The first kappa shape index (κ1) is 17.5. The highest BCUT2D eigenvalue weighted by Crippen LogP contribution is 2.20. The van der Waals surface area contributed by atoms with Crippen molar-refractivity contribution in [2.45, 2.75) is 18.3 Å². The van der Waals surface area contributed by atoms with Gasteiger partial charge in [-0.05, 0) is 17.7 Å². The summed E-state index contributed by atoms with van der Waals surface area (Å²) in [4.78, 5) is 13.0. The predicted octanol–water partition coefficient (Wildman–Crippen LogP) is 2.26. The lowest BCUT2D eigenvalue weighted by Crippen LogP contribution is -2.30. The highest BCUT2D eigenvalue weighted by atomic mass is 32.2. The van der Waals surface area contributed by atoms with Crippen LogP contribution in [0.25, 0.3) is 0 Å². The second kappa shape index (κ2) is 6.46. The summed E-state index contributed by atoms with van der Waals surface area (Å²) in [5.74, 6) is -0.796. The molecule has 1 rings (SSSR count). The minimum absolute atomic E-state index is 0.167. The van der Waals surface area contributed by atoms with Crippen molar-refractivity contribution in [1.82, 2.24) is 4.90 Å². The van der Waals surface area contributed by atoms with Gasteiger partial charge in [-0.2, -0.15) is 13.2 Å². The zero-order valence-corrected chi connectivity index (χ0v) is 12.5. The van der Waals surface area contributed by atoms with Gasteiger partial charge in [-0.25, -0.2) is 8.42 Å². The van der Waals surface area contributed by atoms with Crippen molar-refractivity contribution in [3.8, 4) is 0 Å². The van der Waals surface area contributed by atoms with Gasteiger partial charge in [0.25, 0.3) is 5.91 Å². The summed E-state index contributed by atoms with van der Waals surface area (Å²) >= 11 is 0. The van der Waals surface area contributed by atoms with Crippen molar-refractivity contribution in [1.29, 1.82) is 0 Å². The Labute approximate surface area is 121 Å². The van der Waals surface area contributed by atoms with Gasteiger partial charge >= 0.3 is 6.18 Å². The highest BCUT2D eigenvalue weighted by Gasteiger charge is 2.28. The van der Waals surface area contributed by atoms with Crippen LogP contribution >= 0.6 is 0 Å². The van der Waals surface area contributed by atoms with Crippen LogP contribution in [-0.2, 0) is 15.6 Å². The second-order valence-corrected chi connectivity index (χ2v) is 7.00. The summed E-state index contributed by atoms with van der Waals surface area (Å²) in [6.45, 7) is -0.446. The molecule has 0 unspecified atom stereocenters. The smallest absolute Gasteiger partial charge is 0.341 e. The molecule has 118 valence electrons. The molecule has 0 spiro atoms. The van der Waals surface area contributed by atoms with E-state index in [-0.39, 0.29) is 11.3 Å². The van der Waals surface area contributed by atoms with Crippen LogP contribution in [0.3, 0.4) is 0 Å². The molecule has 0 fully saturated rings. The molecule has 1 aromatic carbocycles. The van der Waals surface area contributed by atoms with Gasteiger partial charge in [0, 0.05) is 25.4 Å². The van der Waals surface area contributed by atoms with Crippen LogP contribution in [-0.4, -0.2) is 45.2 Å². The molecule has 0 aliphatic heterocycles. The van der Waals surface area contributed by atoms with Crippen LogP contribution < -0.4 is 0 Å². The molecule has 0 heterocycles. The fraction of sp³-hybridized carbons (Fsp3) is 0.462. The monoisotopic (exact) mass is 323 g/mol. The normalized spacial score (nSPS) is 12.2. The van der Waals surface area contributed by atoms with E-state index in [1.807, 2.05) is 0 Å². The molecule has 4 nitrogen and oxygen atoms in total. The molecular weight excluding hydrogens is 307 g/mol. The van der Waals surface area contributed by atoms with Gasteiger partial charge in [-0.3, -0.25) is 4.79 Å². The number of amides is 1. The number of sulfone groups is 1. The number of hydrogen-bond donors (Lipinski definition) is 0. The maximum Gasteiger partial charge on any atom is 0.390 e. The molecule has 0 aliphatic carbocycles. The first-order chi connectivity index (χ1) is 9.48. The van der Waals surface area contributed by atoms with E-state index in [0.29, 0.717) is 5.56 Å². The largest absolute Gasteiger partial charge is 0.390 e. The molecule has 0 atom stereocenters. The fourth-order valence-electron chi connectivity index (χ4n) is 1.71. The molecular formula is C13H16F3NO3S. The zero-order valence-electron chi connectivity index (χ0n) is 11.6. The van der Waals surface area contributed by atoms with Gasteiger partial charge in [-0.15, -0.1) is 0 Å². The van der Waals surface area contributed by atoms with E-state index in [9.17, 15) is 26.4 Å². The zero-order chi connectivity index (χ0) is 16.3. The van der Waals surface area contributed by atoms with Gasteiger partial charge in [0.15, 0.2) is 9.84 Å². The Bertz CT molecular complexity index is 611. The summed E-state index contributed by atoms with van der Waals surface area (Å²) in [6.07, 6.45) is -4.35. The van der Waals surface area contributed by atoms with Crippen LogP contribution in [0.1, 0.15) is 22.3 Å². The third kappa shape index (κ3) is 6.61. The Morgan fingerprint density at radius 2 is 1.90 bits per heavy atom. The average Bonchev–Trinajstić information content (AvgIpc) is 2.32. The molecule has 1 amide bonds. The lowest BCUT2D eigenvalue weighted by molar-refractivity contribution is -0.136. The number of nitrogens with zero attached hydrogens (tertiary/aromatic N) is 1. The Hall–Kier alpha value is -1.57. The van der Waals surface area contributed by atoms with Gasteiger partial charge in [0.2, 0.25) is 0 Å². The van der Waals surface area contributed by atoms with Crippen molar-refractivity contribution < 1.29 is 26.4 Å². The number of alkyl halides is 3. The van der Waals surface area contributed by atoms with E-state index >= 15 is 0 Å². The molecule has 21 heavy (non-hydrogen) atoms. The van der Waals surface area contributed by atoms with Crippen LogP contribution in [0.4, 0.5) is 13.2 Å². The van der Waals surface area contributed by atoms with Crippen molar-refractivity contribution in [2.75, 3.05) is 19.8 Å². The minimum atomic E-state index is -4.33. The Morgan fingerprint density at radius 1 is 1.29 bits per heavy atom. The lowest BCUT2D eigenvalue weighted by Gasteiger charge is -2.18. The topological polar surface area (TPSA) is 54.5 Å². The standard InChI is InChI=1S/C13H16F3NO3S/c1-17(7-6-13(14,15)16)12(18)11-5-3-4-10(8-11)9-21(2,19)20/h3-5,8H,6-7,9H2,1-2H3. The predicted molar refractivity (Wildman–Crippen MR) is 72.6 cm³/mol. The van der Waals surface area contributed by atoms with E-state index < -0.39 is 34.9 Å². The van der Waals surface area contributed by atoms with Crippen LogP contribution in [0, 0.1) is 0 Å². The van der Waals surface area contributed by atoms with Crippen molar-refractivity contribution in [3.05, 3.63) is 35.4 Å². The number of benzene rings is 1. The third-order valence-electron chi connectivity index (χ3n) is 2.68. The summed E-state index contributed by atoms with van der Waals surface area (Å²) < 4.78 is 58.8. The van der Waals surface area contributed by atoms with E-state index in [2.05, 4.69) is 0 Å². The van der Waals surface area contributed by atoms with Crippen LogP contribution in [0.2, 0.25) is 0 Å². The molecule has 1 aromatic rings. The fourth-order valence-corrected chi connectivity index (χ4v) is 2.50. The van der Waals surface area contributed by atoms with E-state index in [1.54, 1.807) is 6.07 Å². The van der Waals surface area contributed by atoms with E-state index in [4.69, 9.17) is 0 Å². The Kier molecular flexibility index (Phi) is 5.38. The SMILES string of the molecule is CN(CCC(F)(F)F)C(=O)c1cccc(CS(C)(=O)=O)c1. The van der Waals surface area contributed by atoms with E-state index in [0.717, 1.165) is 11.2 Å². The average molecular weight is 323 g/mol. The Balaban J connectivity index is 2.80. The van der Waals surface area contributed by atoms with Crippen molar-refractivity contribution in [2.24, 2.45) is 0 Å². The summed E-state index contributed by atoms with van der Waals surface area (Å²) in [5.41, 5.74) is 0.591. The first-order valence-corrected chi connectivity index (χ1v) is 8.13. The first-order valence-electron chi connectivity index (χ1n) is 6.07. The molecule has 0 saturated carbocycles. The van der Waals surface area contributed by atoms with Crippen molar-refractivity contribution >= 4 is 15.7 Å². The lowest BCUT2D eigenvalue weighted by atomic mass is 10.1. The van der Waals surface area contributed by atoms with Crippen molar-refractivity contribution in [3.63, 3.8) is 0 Å². The number of carbonyl (C=O) groups excluding carboxylic acids is 1. The quantitative estimate of drug-likeness (QED) is 0.835. The van der Waals surface area contributed by atoms with Gasteiger partial charge in [0.1, 0.15) is 0 Å². The molecule has 0 aliphatic rings. The third-order valence-corrected chi connectivity index (χ3v) is 3.54. The molecule has 8 heteroatoms. The Morgan fingerprint density at radius 3 is 2.43 bits per heavy atom. The second-order valence-electron chi connectivity index (χ2n) is 4.86. The van der Waals surface area contributed by atoms with Gasteiger partial charge < -0.3 is 4.90 Å². The maximum absolute atomic E-state index is 12.1. The number of rotatable bonds is 5. The van der Waals surface area contributed by atoms with Gasteiger partial charge in [-0.1, -0.05) is 12.1 Å². The molecule has 0 radical (unpaired) electrons. The number of carbonyl (C=O) groups is 1. The maximum atomic E-state index is 12.1. The van der Waals surface area contributed by atoms with Crippen LogP contribution in [0.15, 0.2) is 24.3 Å². The molecule has 0 N–H and O–H groups in total.